The van der Waals surface area contributed by atoms with Crippen LogP contribution in [0, 0.1) is 0 Å². The molecular weight excluding hydrogens is 276 g/mol. The fourth-order valence-corrected chi connectivity index (χ4v) is 2.56. The number of rotatable bonds is 4. The first-order valence-electron chi connectivity index (χ1n) is 7.63. The van der Waals surface area contributed by atoms with Gasteiger partial charge in [-0.05, 0) is 36.8 Å². The Bertz CT molecular complexity index is 591. The molecule has 116 valence electrons. The molecule has 2 unspecified atom stereocenters. The normalized spacial score (nSPS) is 19.6. The number of benzene rings is 1. The zero-order valence-electron chi connectivity index (χ0n) is 12.8. The molecule has 0 amide bonds. The van der Waals surface area contributed by atoms with Crippen molar-refractivity contribution >= 4 is 11.5 Å². The van der Waals surface area contributed by atoms with Gasteiger partial charge in [0.15, 0.2) is 0 Å². The predicted octanol–water partition coefficient (Wildman–Crippen LogP) is 2.12. The van der Waals surface area contributed by atoms with Crippen LogP contribution in [0.1, 0.15) is 6.92 Å². The molecule has 3 rings (SSSR count). The molecule has 2 aromatic rings. The minimum Gasteiger partial charge on any atom is -0.399 e. The predicted molar refractivity (Wildman–Crippen MR) is 89.8 cm³/mol. The zero-order valence-corrected chi connectivity index (χ0v) is 12.8. The molecule has 0 spiro atoms. The molecule has 5 heteroatoms. The van der Waals surface area contributed by atoms with Crippen molar-refractivity contribution in [3.05, 3.63) is 42.6 Å². The Hall–Kier alpha value is -2.11. The second-order valence-electron chi connectivity index (χ2n) is 5.60. The number of hydrogen-bond acceptors (Lipinski definition) is 5. The molecule has 1 saturated heterocycles. The van der Waals surface area contributed by atoms with E-state index in [4.69, 9.17) is 10.5 Å². The van der Waals surface area contributed by atoms with E-state index in [9.17, 15) is 0 Å². The summed E-state index contributed by atoms with van der Waals surface area (Å²) in [4.78, 5) is 4.49. The number of ether oxygens (including phenoxy) is 1. The molecule has 0 saturated carbocycles. The summed E-state index contributed by atoms with van der Waals surface area (Å²) in [7, 11) is 0. The maximum atomic E-state index is 5.75. The molecule has 2 atom stereocenters. The van der Waals surface area contributed by atoms with Crippen molar-refractivity contribution in [2.75, 3.05) is 30.7 Å². The highest BCUT2D eigenvalue weighted by molar-refractivity contribution is 5.65. The quantitative estimate of drug-likeness (QED) is 0.754. The van der Waals surface area contributed by atoms with Crippen LogP contribution in [0.25, 0.3) is 11.1 Å². The fraction of sp³-hybridized carbons (Fsp3) is 0.353. The summed E-state index contributed by atoms with van der Waals surface area (Å²) in [6.45, 7) is 4.68. The number of morpholine rings is 1. The highest BCUT2D eigenvalue weighted by Gasteiger charge is 2.20. The van der Waals surface area contributed by atoms with E-state index in [0.717, 1.165) is 42.3 Å². The molecule has 1 aliphatic heterocycles. The summed E-state index contributed by atoms with van der Waals surface area (Å²) < 4.78 is 5.75. The molecule has 1 fully saturated rings. The van der Waals surface area contributed by atoms with E-state index >= 15 is 0 Å². The van der Waals surface area contributed by atoms with Crippen molar-refractivity contribution in [2.24, 2.45) is 0 Å². The van der Waals surface area contributed by atoms with Gasteiger partial charge in [-0.2, -0.15) is 0 Å². The molecule has 0 bridgehead atoms. The molecule has 1 aliphatic rings. The number of pyridine rings is 1. The second kappa shape index (κ2) is 6.77. The van der Waals surface area contributed by atoms with E-state index in [2.05, 4.69) is 28.6 Å². The van der Waals surface area contributed by atoms with Gasteiger partial charge < -0.3 is 21.1 Å². The first kappa shape index (κ1) is 14.8. The van der Waals surface area contributed by atoms with Crippen LogP contribution in [0.2, 0.25) is 0 Å². The van der Waals surface area contributed by atoms with Crippen molar-refractivity contribution in [1.29, 1.82) is 0 Å². The smallest absolute Gasteiger partial charge is 0.126 e. The van der Waals surface area contributed by atoms with Crippen LogP contribution in [0.4, 0.5) is 11.5 Å². The van der Waals surface area contributed by atoms with Crippen LogP contribution in [-0.2, 0) is 4.74 Å². The summed E-state index contributed by atoms with van der Waals surface area (Å²) in [6.07, 6.45) is 2.05. The van der Waals surface area contributed by atoms with E-state index in [0.29, 0.717) is 0 Å². The van der Waals surface area contributed by atoms with Gasteiger partial charge in [-0.3, -0.25) is 0 Å². The van der Waals surface area contributed by atoms with Gasteiger partial charge in [0.1, 0.15) is 5.82 Å². The molecule has 22 heavy (non-hydrogen) atoms. The Morgan fingerprint density at radius 1 is 1.23 bits per heavy atom. The standard InChI is InChI=1S/C17H22N4O/c1-12(16-11-19-8-9-22-16)21-17-7-4-14(10-20-17)13-2-5-15(18)6-3-13/h2-7,10,12,16,19H,8-9,11,18H2,1H3,(H,20,21). The molecule has 1 aromatic heterocycles. The number of nitrogens with zero attached hydrogens (tertiary/aromatic N) is 1. The number of aromatic nitrogens is 1. The zero-order chi connectivity index (χ0) is 15.4. The Balaban J connectivity index is 1.64. The molecule has 0 aliphatic carbocycles. The number of nitrogens with one attached hydrogen (secondary N) is 2. The summed E-state index contributed by atoms with van der Waals surface area (Å²) in [5, 5.41) is 6.74. The van der Waals surface area contributed by atoms with Gasteiger partial charge in [-0.1, -0.05) is 12.1 Å². The number of nitrogens with two attached hydrogens (primary N) is 1. The summed E-state index contributed by atoms with van der Waals surface area (Å²) >= 11 is 0. The van der Waals surface area contributed by atoms with E-state index in [-0.39, 0.29) is 12.1 Å². The van der Waals surface area contributed by atoms with Crippen molar-refractivity contribution in [3.63, 3.8) is 0 Å². The number of hydrogen-bond donors (Lipinski definition) is 3. The molecule has 5 nitrogen and oxygen atoms in total. The summed E-state index contributed by atoms with van der Waals surface area (Å²) in [5.41, 5.74) is 8.67. The van der Waals surface area contributed by atoms with Gasteiger partial charge in [0.2, 0.25) is 0 Å². The lowest BCUT2D eigenvalue weighted by Crippen LogP contribution is -2.46. The van der Waals surface area contributed by atoms with Gasteiger partial charge in [0.05, 0.1) is 18.8 Å². The van der Waals surface area contributed by atoms with Crippen LogP contribution in [-0.4, -0.2) is 36.8 Å². The lowest BCUT2D eigenvalue weighted by atomic mass is 10.1. The first-order chi connectivity index (χ1) is 10.7. The third-order valence-corrected chi connectivity index (χ3v) is 3.90. The van der Waals surface area contributed by atoms with Gasteiger partial charge in [-0.15, -0.1) is 0 Å². The molecule has 1 aromatic carbocycles. The van der Waals surface area contributed by atoms with Crippen molar-refractivity contribution < 1.29 is 4.74 Å². The van der Waals surface area contributed by atoms with Crippen LogP contribution >= 0.6 is 0 Å². The van der Waals surface area contributed by atoms with Gasteiger partial charge in [-0.25, -0.2) is 4.98 Å². The SMILES string of the molecule is CC(Nc1ccc(-c2ccc(N)cc2)cn1)C1CNCCO1. The van der Waals surface area contributed by atoms with Crippen LogP contribution < -0.4 is 16.4 Å². The Morgan fingerprint density at radius 3 is 2.64 bits per heavy atom. The average molecular weight is 298 g/mol. The van der Waals surface area contributed by atoms with Gasteiger partial charge >= 0.3 is 0 Å². The lowest BCUT2D eigenvalue weighted by molar-refractivity contribution is 0.0201. The molecule has 2 heterocycles. The fourth-order valence-electron chi connectivity index (χ4n) is 2.56. The Labute approximate surface area is 130 Å². The topological polar surface area (TPSA) is 72.2 Å². The van der Waals surface area contributed by atoms with Gasteiger partial charge in [0, 0.05) is 30.5 Å². The second-order valence-corrected chi connectivity index (χ2v) is 5.60. The van der Waals surface area contributed by atoms with Crippen LogP contribution in [0.15, 0.2) is 42.6 Å². The monoisotopic (exact) mass is 298 g/mol. The lowest BCUT2D eigenvalue weighted by Gasteiger charge is -2.29. The van der Waals surface area contributed by atoms with E-state index in [1.165, 1.54) is 0 Å². The highest BCUT2D eigenvalue weighted by atomic mass is 16.5. The average Bonchev–Trinajstić information content (AvgIpc) is 2.57. The van der Waals surface area contributed by atoms with E-state index in [1.807, 2.05) is 36.5 Å². The molecule has 0 radical (unpaired) electrons. The largest absolute Gasteiger partial charge is 0.399 e. The van der Waals surface area contributed by atoms with Crippen molar-refractivity contribution in [1.82, 2.24) is 10.3 Å². The third kappa shape index (κ3) is 3.55. The Kier molecular flexibility index (Phi) is 4.56. The maximum Gasteiger partial charge on any atom is 0.126 e. The van der Waals surface area contributed by atoms with Crippen molar-refractivity contribution in [2.45, 2.75) is 19.1 Å². The minimum atomic E-state index is 0.173. The van der Waals surface area contributed by atoms with E-state index in [1.54, 1.807) is 0 Å². The highest BCUT2D eigenvalue weighted by Crippen LogP contribution is 2.21. The van der Waals surface area contributed by atoms with Crippen LogP contribution in [0.5, 0.6) is 0 Å². The van der Waals surface area contributed by atoms with Crippen molar-refractivity contribution in [3.8, 4) is 11.1 Å². The minimum absolute atomic E-state index is 0.173. The number of nitrogen functional groups attached to an aromatic ring is 1. The summed E-state index contributed by atoms with van der Waals surface area (Å²) in [5.74, 6) is 0.862. The third-order valence-electron chi connectivity index (χ3n) is 3.90. The Morgan fingerprint density at radius 2 is 2.00 bits per heavy atom. The summed E-state index contributed by atoms with van der Waals surface area (Å²) in [6, 6.07) is 12.1. The molecule has 4 N–H and O–H groups in total. The van der Waals surface area contributed by atoms with Crippen LogP contribution in [0.3, 0.4) is 0 Å². The first-order valence-corrected chi connectivity index (χ1v) is 7.63. The number of anilines is 2. The van der Waals surface area contributed by atoms with Gasteiger partial charge in [0.25, 0.3) is 0 Å². The maximum absolute atomic E-state index is 5.75. The van der Waals surface area contributed by atoms with E-state index < -0.39 is 0 Å². The molecular formula is C17H22N4O.